The Bertz CT molecular complexity index is 1490. The van der Waals surface area contributed by atoms with Crippen LogP contribution in [0, 0.1) is 6.92 Å². The minimum absolute atomic E-state index is 0.0766. The predicted octanol–water partition coefficient (Wildman–Crippen LogP) is 3.57. The van der Waals surface area contributed by atoms with Crippen molar-refractivity contribution in [2.45, 2.75) is 18.2 Å². The van der Waals surface area contributed by atoms with Gasteiger partial charge in [0, 0.05) is 18.7 Å². The van der Waals surface area contributed by atoms with Gasteiger partial charge in [-0.15, -0.1) is 0 Å². The Morgan fingerprint density at radius 2 is 1.66 bits per heavy atom. The first-order valence-electron chi connectivity index (χ1n) is 11.7. The second kappa shape index (κ2) is 11.0. The molecule has 3 aromatic carbocycles. The molecule has 0 spiro atoms. The number of benzene rings is 3. The van der Waals surface area contributed by atoms with Gasteiger partial charge in [-0.2, -0.15) is 0 Å². The van der Waals surface area contributed by atoms with E-state index in [1.165, 1.54) is 56.0 Å². The summed E-state index contributed by atoms with van der Waals surface area (Å²) in [6, 6.07) is 14.8. The number of sulfonamides is 1. The first-order valence-corrected chi connectivity index (χ1v) is 13.1. The standard InChI is InChI=1S/C27H28N2O8S/c1-17-13-19(38(32,33)29-12-11-18-7-5-6-8-22(18)29)9-10-23(17)37-16-26(30)28-21-15-25(35-3)24(34-2)14-20(21)27(31)36-4/h5-10,13-15H,11-12,16H2,1-4H3,(H,28,30). The highest BCUT2D eigenvalue weighted by Crippen LogP contribution is 2.35. The molecule has 3 aromatic rings. The third kappa shape index (κ3) is 5.23. The van der Waals surface area contributed by atoms with Crippen LogP contribution in [0.2, 0.25) is 0 Å². The maximum absolute atomic E-state index is 13.3. The molecular formula is C27H28N2O8S. The summed E-state index contributed by atoms with van der Waals surface area (Å²) < 4.78 is 48.9. The molecule has 0 saturated carbocycles. The van der Waals surface area contributed by atoms with Crippen molar-refractivity contribution in [2.24, 2.45) is 0 Å². The molecule has 0 atom stereocenters. The quantitative estimate of drug-likeness (QED) is 0.409. The number of carbonyl (C=O) groups excluding carboxylic acids is 2. The van der Waals surface area contributed by atoms with E-state index in [0.717, 1.165) is 5.56 Å². The van der Waals surface area contributed by atoms with Crippen LogP contribution in [0.1, 0.15) is 21.5 Å². The molecule has 0 radical (unpaired) electrons. The van der Waals surface area contributed by atoms with Crippen LogP contribution in [0.25, 0.3) is 0 Å². The van der Waals surface area contributed by atoms with Crippen molar-refractivity contribution in [2.75, 3.05) is 44.1 Å². The van der Waals surface area contributed by atoms with E-state index in [0.29, 0.717) is 41.5 Å². The van der Waals surface area contributed by atoms with E-state index >= 15 is 0 Å². The molecule has 1 amide bonds. The van der Waals surface area contributed by atoms with Crippen molar-refractivity contribution in [3.63, 3.8) is 0 Å². The Kier molecular flexibility index (Phi) is 7.77. The third-order valence-corrected chi connectivity index (χ3v) is 7.95. The molecule has 11 heteroatoms. The number of fused-ring (bicyclic) bond motifs is 1. The zero-order valence-corrected chi connectivity index (χ0v) is 22.3. The van der Waals surface area contributed by atoms with Gasteiger partial charge in [0.1, 0.15) is 5.75 Å². The fourth-order valence-corrected chi connectivity index (χ4v) is 5.81. The molecule has 1 N–H and O–H groups in total. The van der Waals surface area contributed by atoms with Gasteiger partial charge in [0.15, 0.2) is 18.1 Å². The molecule has 10 nitrogen and oxygen atoms in total. The molecular weight excluding hydrogens is 512 g/mol. The number of carbonyl (C=O) groups is 2. The van der Waals surface area contributed by atoms with E-state index in [9.17, 15) is 18.0 Å². The SMILES string of the molecule is COC(=O)c1cc(OC)c(OC)cc1NC(=O)COc1ccc(S(=O)(=O)N2CCc3ccccc32)cc1C. The fraction of sp³-hybridized carbons (Fsp3) is 0.259. The lowest BCUT2D eigenvalue weighted by Crippen LogP contribution is -2.29. The number of anilines is 2. The fourth-order valence-electron chi connectivity index (χ4n) is 4.22. The van der Waals surface area contributed by atoms with Gasteiger partial charge >= 0.3 is 5.97 Å². The number of rotatable bonds is 9. The van der Waals surface area contributed by atoms with Gasteiger partial charge in [0.05, 0.1) is 43.2 Å². The van der Waals surface area contributed by atoms with Crippen molar-refractivity contribution in [3.05, 3.63) is 71.3 Å². The molecule has 1 aliphatic rings. The number of nitrogens with one attached hydrogen (secondary N) is 1. The number of esters is 1. The zero-order chi connectivity index (χ0) is 27.4. The lowest BCUT2D eigenvalue weighted by molar-refractivity contribution is -0.118. The van der Waals surface area contributed by atoms with Crippen LogP contribution >= 0.6 is 0 Å². The highest BCUT2D eigenvalue weighted by Gasteiger charge is 2.31. The van der Waals surface area contributed by atoms with Gasteiger partial charge in [-0.05, 0) is 48.7 Å². The van der Waals surface area contributed by atoms with Gasteiger partial charge in [-0.1, -0.05) is 18.2 Å². The first-order chi connectivity index (χ1) is 18.2. The summed E-state index contributed by atoms with van der Waals surface area (Å²) in [7, 11) is 0.321. The number of amides is 1. The van der Waals surface area contributed by atoms with Crippen molar-refractivity contribution in [1.29, 1.82) is 0 Å². The summed E-state index contributed by atoms with van der Waals surface area (Å²) in [5.41, 5.74) is 2.46. The summed E-state index contributed by atoms with van der Waals surface area (Å²) in [6.45, 7) is 1.69. The lowest BCUT2D eigenvalue weighted by Gasteiger charge is -2.20. The Hall–Kier alpha value is -4.25. The van der Waals surface area contributed by atoms with Crippen LogP contribution in [-0.4, -0.2) is 54.8 Å². The normalized spacial score (nSPS) is 12.5. The number of ether oxygens (including phenoxy) is 4. The van der Waals surface area contributed by atoms with E-state index in [1.54, 1.807) is 13.0 Å². The topological polar surface area (TPSA) is 120 Å². The summed E-state index contributed by atoms with van der Waals surface area (Å²) in [6.07, 6.45) is 0.655. The average molecular weight is 541 g/mol. The number of aryl methyl sites for hydroxylation is 1. The van der Waals surface area contributed by atoms with Crippen molar-refractivity contribution >= 4 is 33.3 Å². The number of hydrogen-bond donors (Lipinski definition) is 1. The van der Waals surface area contributed by atoms with Crippen LogP contribution in [0.3, 0.4) is 0 Å². The van der Waals surface area contributed by atoms with Gasteiger partial charge < -0.3 is 24.3 Å². The molecule has 4 rings (SSSR count). The number of nitrogens with zero attached hydrogens (tertiary/aromatic N) is 1. The Morgan fingerprint density at radius 1 is 0.947 bits per heavy atom. The van der Waals surface area contributed by atoms with E-state index in [1.807, 2.05) is 18.2 Å². The van der Waals surface area contributed by atoms with Crippen LogP contribution in [-0.2, 0) is 26.0 Å². The third-order valence-electron chi connectivity index (χ3n) is 6.14. The summed E-state index contributed by atoms with van der Waals surface area (Å²) in [5.74, 6) is -0.265. The number of methoxy groups -OCH3 is 3. The smallest absolute Gasteiger partial charge is 0.340 e. The average Bonchev–Trinajstić information content (AvgIpc) is 3.36. The van der Waals surface area contributed by atoms with Gasteiger partial charge in [-0.3, -0.25) is 9.10 Å². The highest BCUT2D eigenvalue weighted by atomic mass is 32.2. The van der Waals surface area contributed by atoms with Gasteiger partial charge in [-0.25, -0.2) is 13.2 Å². The maximum Gasteiger partial charge on any atom is 0.340 e. The molecule has 1 aliphatic heterocycles. The predicted molar refractivity (Wildman–Crippen MR) is 141 cm³/mol. The molecule has 0 saturated heterocycles. The molecule has 1 heterocycles. The molecule has 0 unspecified atom stereocenters. The monoisotopic (exact) mass is 540 g/mol. The first kappa shape index (κ1) is 26.8. The zero-order valence-electron chi connectivity index (χ0n) is 21.4. The minimum atomic E-state index is -3.76. The van der Waals surface area contributed by atoms with Crippen LogP contribution < -0.4 is 23.8 Å². The second-order valence-electron chi connectivity index (χ2n) is 8.46. The molecule has 200 valence electrons. The van der Waals surface area contributed by atoms with E-state index in [2.05, 4.69) is 5.32 Å². The Labute approximate surface area is 221 Å². The molecule has 0 aliphatic carbocycles. The highest BCUT2D eigenvalue weighted by molar-refractivity contribution is 7.92. The van der Waals surface area contributed by atoms with E-state index in [4.69, 9.17) is 18.9 Å². The maximum atomic E-state index is 13.3. The summed E-state index contributed by atoms with van der Waals surface area (Å²) in [5, 5.41) is 2.62. The molecule has 0 fully saturated rings. The van der Waals surface area contributed by atoms with Crippen molar-refractivity contribution < 1.29 is 37.0 Å². The van der Waals surface area contributed by atoms with Crippen LogP contribution in [0.15, 0.2) is 59.5 Å². The summed E-state index contributed by atoms with van der Waals surface area (Å²) in [4.78, 5) is 25.0. The van der Waals surface area contributed by atoms with Crippen LogP contribution in [0.5, 0.6) is 17.2 Å². The molecule has 38 heavy (non-hydrogen) atoms. The molecule has 0 bridgehead atoms. The van der Waals surface area contributed by atoms with Gasteiger partial charge in [0.25, 0.3) is 15.9 Å². The largest absolute Gasteiger partial charge is 0.493 e. The number of hydrogen-bond acceptors (Lipinski definition) is 8. The second-order valence-corrected chi connectivity index (χ2v) is 10.3. The van der Waals surface area contributed by atoms with E-state index < -0.39 is 21.9 Å². The Morgan fingerprint density at radius 3 is 2.34 bits per heavy atom. The Balaban J connectivity index is 1.48. The number of para-hydroxylation sites is 1. The van der Waals surface area contributed by atoms with E-state index in [-0.39, 0.29) is 22.8 Å². The lowest BCUT2D eigenvalue weighted by atomic mass is 10.1. The minimum Gasteiger partial charge on any atom is -0.493 e. The van der Waals surface area contributed by atoms with Crippen molar-refractivity contribution in [1.82, 2.24) is 0 Å². The van der Waals surface area contributed by atoms with Crippen molar-refractivity contribution in [3.8, 4) is 17.2 Å². The van der Waals surface area contributed by atoms with Gasteiger partial charge in [0.2, 0.25) is 0 Å². The summed E-state index contributed by atoms with van der Waals surface area (Å²) >= 11 is 0. The van der Waals surface area contributed by atoms with Crippen LogP contribution in [0.4, 0.5) is 11.4 Å². The molecule has 0 aromatic heterocycles.